The molecule has 1 atom stereocenters. The van der Waals surface area contributed by atoms with Gasteiger partial charge in [-0.2, -0.15) is 0 Å². The van der Waals surface area contributed by atoms with Crippen molar-refractivity contribution in [2.24, 2.45) is 4.99 Å². The Morgan fingerprint density at radius 3 is 2.86 bits per heavy atom. The van der Waals surface area contributed by atoms with Crippen LogP contribution in [-0.2, 0) is 20.9 Å². The number of likely N-dealkylation sites (N-methyl/N-ethyl adjacent to an activating group) is 1. The Morgan fingerprint density at radius 1 is 1.38 bits per heavy atom. The summed E-state index contributed by atoms with van der Waals surface area (Å²) in [6.45, 7) is 4.31. The highest BCUT2D eigenvalue weighted by atomic mass is 16.5. The number of aromatic nitrogens is 2. The molecular weight excluding hydrogens is 378 g/mol. The number of rotatable bonds is 6. The number of amidine groups is 1. The lowest BCUT2D eigenvalue weighted by atomic mass is 10.1. The van der Waals surface area contributed by atoms with E-state index in [4.69, 9.17) is 9.15 Å². The van der Waals surface area contributed by atoms with E-state index in [1.54, 1.807) is 24.8 Å². The average Bonchev–Trinajstić information content (AvgIpc) is 3.38. The number of amides is 3. The molecular formula is C19H22N5O5+. The Hall–Kier alpha value is -3.43. The lowest BCUT2D eigenvalue weighted by molar-refractivity contribution is -0.677. The van der Waals surface area contributed by atoms with E-state index in [1.807, 2.05) is 29.8 Å². The van der Waals surface area contributed by atoms with Crippen molar-refractivity contribution in [1.29, 1.82) is 0 Å². The van der Waals surface area contributed by atoms with E-state index in [2.05, 4.69) is 4.99 Å². The first-order valence-corrected chi connectivity index (χ1v) is 9.39. The monoisotopic (exact) mass is 400 g/mol. The number of carbonyl (C=O) groups is 3. The fourth-order valence-corrected chi connectivity index (χ4v) is 3.63. The summed E-state index contributed by atoms with van der Waals surface area (Å²) < 4.78 is 14.0. The molecule has 0 radical (unpaired) electrons. The molecule has 4 heterocycles. The Kier molecular flexibility index (Phi) is 4.69. The molecule has 2 aliphatic rings. The summed E-state index contributed by atoms with van der Waals surface area (Å²) in [5.74, 6) is 0.842. The number of furan rings is 1. The summed E-state index contributed by atoms with van der Waals surface area (Å²) in [6.07, 6.45) is 3.39. The molecule has 0 bridgehead atoms. The molecule has 0 spiro atoms. The number of hydrogen-bond acceptors (Lipinski definition) is 6. The molecule has 1 unspecified atom stereocenters. The minimum absolute atomic E-state index is 0.0351. The fraction of sp³-hybridized carbons (Fsp3) is 0.421. The molecule has 1 saturated heterocycles. The SMILES string of the molecule is CCOC(=O)CCN1C(=O)C2C(=Nc3n(Cc4ccco4)c(C)c[n+]32)N(C)C1=O. The number of carbonyl (C=O) groups excluding carboxylic acids is 3. The lowest BCUT2D eigenvalue weighted by Gasteiger charge is -2.32. The van der Waals surface area contributed by atoms with Crippen molar-refractivity contribution in [1.82, 2.24) is 14.4 Å². The van der Waals surface area contributed by atoms with Crippen molar-refractivity contribution >= 4 is 29.7 Å². The third kappa shape index (κ3) is 3.10. The molecule has 152 valence electrons. The molecule has 2 aliphatic heterocycles. The maximum atomic E-state index is 13.1. The van der Waals surface area contributed by atoms with Gasteiger partial charge in [0, 0.05) is 13.6 Å². The Bertz CT molecular complexity index is 1010. The van der Waals surface area contributed by atoms with Gasteiger partial charge in [-0.25, -0.2) is 13.9 Å². The molecule has 0 N–H and O–H groups in total. The lowest BCUT2D eigenvalue weighted by Crippen LogP contribution is -2.62. The number of imide groups is 1. The third-order valence-corrected chi connectivity index (χ3v) is 5.06. The number of urea groups is 1. The zero-order valence-corrected chi connectivity index (χ0v) is 16.5. The van der Waals surface area contributed by atoms with Crippen LogP contribution in [0.15, 0.2) is 34.0 Å². The van der Waals surface area contributed by atoms with Crippen molar-refractivity contribution in [3.05, 3.63) is 36.0 Å². The van der Waals surface area contributed by atoms with Gasteiger partial charge in [-0.15, -0.1) is 0 Å². The van der Waals surface area contributed by atoms with E-state index in [9.17, 15) is 14.4 Å². The highest BCUT2D eigenvalue weighted by Crippen LogP contribution is 2.29. The largest absolute Gasteiger partial charge is 0.466 e. The van der Waals surface area contributed by atoms with Crippen LogP contribution in [0, 0.1) is 6.92 Å². The minimum Gasteiger partial charge on any atom is -0.466 e. The first kappa shape index (κ1) is 18.9. The molecule has 10 nitrogen and oxygen atoms in total. The van der Waals surface area contributed by atoms with E-state index < -0.39 is 23.9 Å². The van der Waals surface area contributed by atoms with Gasteiger partial charge in [0.1, 0.15) is 24.2 Å². The maximum Gasteiger partial charge on any atom is 0.402 e. The second-order valence-corrected chi connectivity index (χ2v) is 6.90. The van der Waals surface area contributed by atoms with Crippen LogP contribution in [0.2, 0.25) is 0 Å². The summed E-state index contributed by atoms with van der Waals surface area (Å²) in [5.41, 5.74) is 0.907. The van der Waals surface area contributed by atoms with Gasteiger partial charge in [-0.3, -0.25) is 19.4 Å². The molecule has 10 heteroatoms. The normalized spacial score (nSPS) is 18.0. The third-order valence-electron chi connectivity index (χ3n) is 5.06. The number of nitrogens with zero attached hydrogens (tertiary/aromatic N) is 5. The predicted octanol–water partition coefficient (Wildman–Crippen LogP) is 1.16. The van der Waals surface area contributed by atoms with E-state index in [1.165, 1.54) is 4.90 Å². The van der Waals surface area contributed by atoms with E-state index >= 15 is 0 Å². The topological polar surface area (TPSA) is 101 Å². The minimum atomic E-state index is -0.744. The Labute approximate surface area is 167 Å². The Balaban J connectivity index is 1.64. The number of imidazole rings is 1. The maximum absolute atomic E-state index is 13.1. The second-order valence-electron chi connectivity index (χ2n) is 6.90. The van der Waals surface area contributed by atoms with E-state index in [0.29, 0.717) is 18.3 Å². The van der Waals surface area contributed by atoms with Crippen molar-refractivity contribution < 1.29 is 28.1 Å². The number of aliphatic imine (C=N–C) groups is 1. The molecule has 0 aromatic carbocycles. The molecule has 0 aliphatic carbocycles. The highest BCUT2D eigenvalue weighted by Gasteiger charge is 2.53. The molecule has 2 aromatic heterocycles. The fourth-order valence-electron chi connectivity index (χ4n) is 3.63. The van der Waals surface area contributed by atoms with E-state index in [0.717, 1.165) is 16.4 Å². The summed E-state index contributed by atoms with van der Waals surface area (Å²) >= 11 is 0. The van der Waals surface area contributed by atoms with Crippen molar-refractivity contribution in [2.75, 3.05) is 20.2 Å². The van der Waals surface area contributed by atoms with Gasteiger partial charge in [0.05, 0.1) is 19.3 Å². The highest BCUT2D eigenvalue weighted by molar-refractivity contribution is 6.19. The zero-order chi connectivity index (χ0) is 20.7. The Morgan fingerprint density at radius 2 is 2.17 bits per heavy atom. The standard InChI is InChI=1S/C19H22N5O5/c1-4-28-14(25)7-8-22-17(26)15-16(21(3)19(22)27)20-18-23(12(2)10-24(15)18)11-13-6-5-9-29-13/h5-6,9-10,15H,4,7-8,11H2,1-3H3/q+1. The van der Waals surface area contributed by atoms with Crippen molar-refractivity contribution in [2.45, 2.75) is 32.9 Å². The van der Waals surface area contributed by atoms with Gasteiger partial charge in [0.15, 0.2) is 0 Å². The van der Waals surface area contributed by atoms with Gasteiger partial charge >= 0.3 is 17.9 Å². The molecule has 3 amide bonds. The van der Waals surface area contributed by atoms with Crippen LogP contribution in [0.25, 0.3) is 0 Å². The quantitative estimate of drug-likeness (QED) is 0.535. The predicted molar refractivity (Wildman–Crippen MR) is 99.4 cm³/mol. The van der Waals surface area contributed by atoms with Gasteiger partial charge in [0.2, 0.25) is 11.9 Å². The molecule has 1 fully saturated rings. The average molecular weight is 400 g/mol. The van der Waals surface area contributed by atoms with Gasteiger partial charge < -0.3 is 9.15 Å². The van der Waals surface area contributed by atoms with Crippen molar-refractivity contribution in [3.8, 4) is 0 Å². The van der Waals surface area contributed by atoms with Crippen LogP contribution in [0.3, 0.4) is 0 Å². The van der Waals surface area contributed by atoms with Crippen LogP contribution < -0.4 is 4.57 Å². The van der Waals surface area contributed by atoms with Gasteiger partial charge in [0.25, 0.3) is 5.91 Å². The molecule has 29 heavy (non-hydrogen) atoms. The summed E-state index contributed by atoms with van der Waals surface area (Å²) in [7, 11) is 1.58. The first-order chi connectivity index (χ1) is 13.9. The molecule has 2 aromatic rings. The number of aryl methyl sites for hydroxylation is 1. The van der Waals surface area contributed by atoms with Crippen LogP contribution in [0.5, 0.6) is 0 Å². The number of ether oxygens (including phenoxy) is 1. The van der Waals surface area contributed by atoms with Crippen LogP contribution in [-0.4, -0.2) is 58.3 Å². The summed E-state index contributed by atoms with van der Waals surface area (Å²) in [4.78, 5) is 44.5. The smallest absolute Gasteiger partial charge is 0.402 e. The molecule has 4 rings (SSSR count). The number of fused-ring (bicyclic) bond motifs is 3. The zero-order valence-electron chi connectivity index (χ0n) is 16.5. The van der Waals surface area contributed by atoms with E-state index in [-0.39, 0.29) is 19.6 Å². The first-order valence-electron chi connectivity index (χ1n) is 9.39. The van der Waals surface area contributed by atoms with Crippen LogP contribution >= 0.6 is 0 Å². The van der Waals surface area contributed by atoms with Gasteiger partial charge in [-0.1, -0.05) is 4.99 Å². The number of esters is 1. The molecule has 0 saturated carbocycles. The summed E-state index contributed by atoms with van der Waals surface area (Å²) in [6, 6.07) is 2.43. The number of hydrogen-bond donors (Lipinski definition) is 0. The van der Waals surface area contributed by atoms with Gasteiger partial charge in [-0.05, 0) is 26.0 Å². The van der Waals surface area contributed by atoms with Crippen LogP contribution in [0.1, 0.15) is 30.8 Å². The second kappa shape index (κ2) is 7.19. The summed E-state index contributed by atoms with van der Waals surface area (Å²) in [5, 5.41) is 0. The van der Waals surface area contributed by atoms with Crippen LogP contribution in [0.4, 0.5) is 10.7 Å². The van der Waals surface area contributed by atoms with Crippen molar-refractivity contribution in [3.63, 3.8) is 0 Å².